The molecule has 6 heteroatoms. The van der Waals surface area contributed by atoms with Crippen LogP contribution in [0.2, 0.25) is 5.02 Å². The molecule has 2 aromatic rings. The second-order valence-corrected chi connectivity index (χ2v) is 6.73. The Hall–Kier alpha value is -2.24. The monoisotopic (exact) mass is 360 g/mol. The van der Waals surface area contributed by atoms with Gasteiger partial charge in [-0.25, -0.2) is 4.39 Å². The first-order valence-electron chi connectivity index (χ1n) is 7.87. The molecule has 0 saturated heterocycles. The Morgan fingerprint density at radius 2 is 2.16 bits per heavy atom. The number of carbonyl (C=O) groups excluding carboxylic acids is 1. The number of ether oxygens (including phenoxy) is 1. The Labute approximate surface area is 150 Å². The minimum atomic E-state index is -0.612. The number of benzene rings is 2. The zero-order chi connectivity index (χ0) is 18.0. The largest absolute Gasteiger partial charge is 0.386 e. The third kappa shape index (κ3) is 3.89. The summed E-state index contributed by atoms with van der Waals surface area (Å²) < 4.78 is 19.4. The van der Waals surface area contributed by atoms with Crippen LogP contribution in [0.5, 0.6) is 0 Å². The van der Waals surface area contributed by atoms with Crippen molar-refractivity contribution in [1.82, 2.24) is 0 Å². The average molecular weight is 361 g/mol. The Morgan fingerprint density at radius 3 is 2.88 bits per heavy atom. The van der Waals surface area contributed by atoms with Crippen molar-refractivity contribution in [2.75, 3.05) is 13.2 Å². The molecule has 1 heterocycles. The van der Waals surface area contributed by atoms with Gasteiger partial charge in [-0.3, -0.25) is 9.79 Å². The Morgan fingerprint density at radius 1 is 1.36 bits per heavy atom. The van der Waals surface area contributed by atoms with Crippen molar-refractivity contribution in [2.24, 2.45) is 10.7 Å². The van der Waals surface area contributed by atoms with E-state index in [1.54, 1.807) is 0 Å². The maximum absolute atomic E-state index is 13.9. The molecule has 1 aliphatic rings. The fourth-order valence-corrected chi connectivity index (χ4v) is 3.06. The van der Waals surface area contributed by atoms with Gasteiger partial charge >= 0.3 is 0 Å². The average Bonchev–Trinajstić information content (AvgIpc) is 2.54. The topological polar surface area (TPSA) is 64.7 Å². The number of aliphatic imine (C=N–C) groups is 1. The molecule has 2 N–H and O–H groups in total. The Kier molecular flexibility index (Phi) is 4.88. The molecule has 0 saturated carbocycles. The summed E-state index contributed by atoms with van der Waals surface area (Å²) in [6, 6.07) is 11.5. The molecule has 0 aliphatic carbocycles. The maximum atomic E-state index is 13.9. The maximum Gasteiger partial charge on any atom is 0.170 e. The van der Waals surface area contributed by atoms with Crippen LogP contribution in [0.15, 0.2) is 47.5 Å². The molecule has 1 aliphatic heterocycles. The third-order valence-electron chi connectivity index (χ3n) is 4.17. The predicted octanol–water partition coefficient (Wildman–Crippen LogP) is 3.51. The van der Waals surface area contributed by atoms with Gasteiger partial charge in [-0.1, -0.05) is 35.9 Å². The van der Waals surface area contributed by atoms with Gasteiger partial charge in [0, 0.05) is 11.4 Å². The van der Waals surface area contributed by atoms with Gasteiger partial charge in [0.25, 0.3) is 0 Å². The van der Waals surface area contributed by atoms with Crippen LogP contribution in [-0.4, -0.2) is 24.8 Å². The fourth-order valence-electron chi connectivity index (χ4n) is 2.90. The van der Waals surface area contributed by atoms with Crippen LogP contribution < -0.4 is 5.73 Å². The smallest absolute Gasteiger partial charge is 0.170 e. The normalized spacial score (nSPS) is 20.2. The van der Waals surface area contributed by atoms with Gasteiger partial charge in [-0.15, -0.1) is 0 Å². The highest BCUT2D eigenvalue weighted by Crippen LogP contribution is 2.29. The van der Waals surface area contributed by atoms with Crippen LogP contribution in [0, 0.1) is 5.82 Å². The van der Waals surface area contributed by atoms with Crippen LogP contribution in [0.25, 0.3) is 0 Å². The van der Waals surface area contributed by atoms with Crippen molar-refractivity contribution >= 4 is 23.2 Å². The highest BCUT2D eigenvalue weighted by molar-refractivity contribution is 6.30. The summed E-state index contributed by atoms with van der Waals surface area (Å²) in [6.45, 7) is 2.67. The Bertz CT molecular complexity index is 853. The summed E-state index contributed by atoms with van der Waals surface area (Å²) in [5.74, 6) is -0.475. The molecule has 0 spiro atoms. The van der Waals surface area contributed by atoms with E-state index in [9.17, 15) is 9.18 Å². The van der Waals surface area contributed by atoms with Crippen LogP contribution in [0.1, 0.15) is 28.4 Å². The highest BCUT2D eigenvalue weighted by Gasteiger charge is 2.30. The molecule has 1 atom stereocenters. The number of Topliss-reactive ketones (excluding diaryl/α,β-unsaturated/α-hetero) is 1. The zero-order valence-corrected chi connectivity index (χ0v) is 14.5. The molecule has 0 aromatic heterocycles. The zero-order valence-electron chi connectivity index (χ0n) is 13.8. The summed E-state index contributed by atoms with van der Waals surface area (Å²) in [5, 5.41) is 0.261. The number of carbonyl (C=O) groups is 1. The molecule has 0 bridgehead atoms. The van der Waals surface area contributed by atoms with Crippen LogP contribution in [-0.2, 0) is 16.7 Å². The van der Waals surface area contributed by atoms with Gasteiger partial charge < -0.3 is 10.5 Å². The van der Waals surface area contributed by atoms with E-state index in [1.165, 1.54) is 12.1 Å². The number of ketones is 1. The van der Waals surface area contributed by atoms with Gasteiger partial charge in [0.1, 0.15) is 23.8 Å². The number of hydrogen-bond donors (Lipinski definition) is 1. The van der Waals surface area contributed by atoms with Crippen molar-refractivity contribution in [3.05, 3.63) is 70.0 Å². The van der Waals surface area contributed by atoms with Crippen molar-refractivity contribution in [3.63, 3.8) is 0 Å². The summed E-state index contributed by atoms with van der Waals surface area (Å²) in [7, 11) is 0. The van der Waals surface area contributed by atoms with E-state index in [0.29, 0.717) is 19.0 Å². The fraction of sp³-hybridized carbons (Fsp3) is 0.263. The molecule has 0 radical (unpaired) electrons. The van der Waals surface area contributed by atoms with Gasteiger partial charge in [0.2, 0.25) is 0 Å². The van der Waals surface area contributed by atoms with E-state index in [2.05, 4.69) is 4.99 Å². The predicted molar refractivity (Wildman–Crippen MR) is 95.7 cm³/mol. The highest BCUT2D eigenvalue weighted by atomic mass is 35.5. The van der Waals surface area contributed by atoms with E-state index < -0.39 is 11.4 Å². The van der Waals surface area contributed by atoms with Gasteiger partial charge in [-0.05, 0) is 36.2 Å². The number of halogens is 2. The SMILES string of the molecule is CC1(c2cccc(CC(=O)c3ccc(Cl)cc3F)c2)COCC(N)=N1. The van der Waals surface area contributed by atoms with E-state index in [-0.39, 0.29) is 22.8 Å². The molecule has 3 rings (SSSR count). The standard InChI is InChI=1S/C19H18ClFN2O2/c1-19(11-25-10-18(22)23-19)13-4-2-3-12(7-13)8-17(24)15-6-5-14(20)9-16(15)21/h2-7,9H,8,10-11H2,1H3,(H2,22,23). The molecule has 4 nitrogen and oxygen atoms in total. The van der Waals surface area contributed by atoms with Crippen molar-refractivity contribution in [2.45, 2.75) is 18.9 Å². The second-order valence-electron chi connectivity index (χ2n) is 6.29. The molecule has 1 unspecified atom stereocenters. The lowest BCUT2D eigenvalue weighted by Gasteiger charge is -2.30. The molecule has 130 valence electrons. The number of nitrogens with zero attached hydrogens (tertiary/aromatic N) is 1. The Balaban J connectivity index is 1.85. The van der Waals surface area contributed by atoms with E-state index in [4.69, 9.17) is 22.1 Å². The quantitative estimate of drug-likeness (QED) is 0.848. The van der Waals surface area contributed by atoms with E-state index >= 15 is 0 Å². The lowest BCUT2D eigenvalue weighted by molar-refractivity contribution is 0.0988. The summed E-state index contributed by atoms with van der Waals surface area (Å²) in [6.07, 6.45) is 0.0858. The third-order valence-corrected chi connectivity index (χ3v) is 4.40. The summed E-state index contributed by atoms with van der Waals surface area (Å²) >= 11 is 5.73. The lowest BCUT2D eigenvalue weighted by Crippen LogP contribution is -2.37. The lowest BCUT2D eigenvalue weighted by atomic mass is 9.90. The first kappa shape index (κ1) is 17.6. The van der Waals surface area contributed by atoms with Crippen molar-refractivity contribution in [3.8, 4) is 0 Å². The number of amidine groups is 1. The molecular formula is C19H18ClFN2O2. The van der Waals surface area contributed by atoms with Gasteiger partial charge in [-0.2, -0.15) is 0 Å². The minimum absolute atomic E-state index is 0.0317. The molecule has 25 heavy (non-hydrogen) atoms. The first-order chi connectivity index (χ1) is 11.9. The van der Waals surface area contributed by atoms with Crippen LogP contribution in [0.3, 0.4) is 0 Å². The second kappa shape index (κ2) is 6.94. The van der Waals surface area contributed by atoms with Crippen molar-refractivity contribution < 1.29 is 13.9 Å². The van der Waals surface area contributed by atoms with E-state index in [0.717, 1.165) is 17.2 Å². The van der Waals surface area contributed by atoms with Gasteiger partial charge in [0.15, 0.2) is 5.78 Å². The van der Waals surface area contributed by atoms with E-state index in [1.807, 2.05) is 31.2 Å². The number of rotatable bonds is 4. The summed E-state index contributed by atoms with van der Waals surface area (Å²) in [4.78, 5) is 16.9. The summed E-state index contributed by atoms with van der Waals surface area (Å²) in [5.41, 5.74) is 6.91. The number of hydrogen-bond acceptors (Lipinski definition) is 4. The van der Waals surface area contributed by atoms with Gasteiger partial charge in [0.05, 0.1) is 12.2 Å². The molecular weight excluding hydrogens is 343 g/mol. The minimum Gasteiger partial charge on any atom is -0.386 e. The molecule has 0 fully saturated rings. The molecule has 2 aromatic carbocycles. The van der Waals surface area contributed by atoms with Crippen molar-refractivity contribution in [1.29, 1.82) is 0 Å². The van der Waals surface area contributed by atoms with Crippen LogP contribution in [0.4, 0.5) is 4.39 Å². The number of nitrogens with two attached hydrogens (primary N) is 1. The van der Waals surface area contributed by atoms with Crippen LogP contribution >= 0.6 is 11.6 Å². The molecule has 0 amide bonds. The first-order valence-corrected chi connectivity index (χ1v) is 8.25.